The molecule has 0 bridgehead atoms. The Morgan fingerprint density at radius 2 is 1.72 bits per heavy atom. The number of ether oxygens (including phenoxy) is 1. The van der Waals surface area contributed by atoms with E-state index in [1.165, 1.54) is 11.1 Å². The molecule has 0 heterocycles. The van der Waals surface area contributed by atoms with Crippen LogP contribution in [0.15, 0.2) is 97.4 Å². The number of aryl methyl sites for hydroxylation is 1. The normalized spacial score (nSPS) is 13.3. The van der Waals surface area contributed by atoms with E-state index in [4.69, 9.17) is 4.74 Å². The fourth-order valence-electron chi connectivity index (χ4n) is 4.96. The lowest BCUT2D eigenvalue weighted by atomic mass is 9.92. The zero-order chi connectivity index (χ0) is 31.2. The lowest BCUT2D eigenvalue weighted by Gasteiger charge is -2.27. The standard InChI is InChI=1S/C36H42F2N2O3/c1-5-27-11-9-12-28(21-27)24-39-23-26(4)34(20-25(3)19-31(38)17-18-37)40-35(41)30-14-10-13-29(22-30)32-15-7-8-16-33(32)36(42)43-6-2/h7-18,21-22,26,31,34,39H,3,5-6,19-20,23-24H2,1-2,4H3,(H,40,41)/b18-17+. The minimum atomic E-state index is -1.48. The molecule has 0 aliphatic heterocycles. The zero-order valence-electron chi connectivity index (χ0n) is 25.2. The number of hydrogen-bond acceptors (Lipinski definition) is 4. The fourth-order valence-corrected chi connectivity index (χ4v) is 4.96. The van der Waals surface area contributed by atoms with E-state index in [0.29, 0.717) is 47.3 Å². The minimum absolute atomic E-state index is 0.0300. The predicted molar refractivity (Wildman–Crippen MR) is 169 cm³/mol. The van der Waals surface area contributed by atoms with Crippen LogP contribution in [0.1, 0.15) is 65.5 Å². The highest BCUT2D eigenvalue weighted by Gasteiger charge is 2.23. The number of rotatable bonds is 16. The van der Waals surface area contributed by atoms with Crippen LogP contribution in [0.25, 0.3) is 11.1 Å². The third-order valence-electron chi connectivity index (χ3n) is 7.33. The van der Waals surface area contributed by atoms with E-state index in [9.17, 15) is 18.4 Å². The number of hydrogen-bond donors (Lipinski definition) is 2. The van der Waals surface area contributed by atoms with Gasteiger partial charge in [-0.15, -0.1) is 0 Å². The molecule has 3 rings (SSSR count). The van der Waals surface area contributed by atoms with Crippen LogP contribution in [0, 0.1) is 5.92 Å². The maximum atomic E-state index is 14.1. The number of benzene rings is 3. The highest BCUT2D eigenvalue weighted by molar-refractivity contribution is 5.99. The first kappa shape index (κ1) is 33.4. The first-order valence-corrected chi connectivity index (χ1v) is 14.8. The number of carbonyl (C=O) groups excluding carboxylic acids is 2. The first-order valence-electron chi connectivity index (χ1n) is 14.8. The van der Waals surface area contributed by atoms with E-state index in [1.807, 2.05) is 31.2 Å². The molecule has 3 unspecified atom stereocenters. The van der Waals surface area contributed by atoms with Gasteiger partial charge in [-0.1, -0.05) is 80.6 Å². The van der Waals surface area contributed by atoms with Gasteiger partial charge in [0.25, 0.3) is 5.91 Å². The van der Waals surface area contributed by atoms with Gasteiger partial charge in [0.2, 0.25) is 0 Å². The SMILES string of the molecule is C=C(CC(F)/C=C/F)CC(NC(=O)c1cccc(-c2ccccc2C(=O)OCC)c1)C(C)CNCc1cccc(CC)c1. The zero-order valence-corrected chi connectivity index (χ0v) is 25.2. The van der Waals surface area contributed by atoms with E-state index in [0.717, 1.165) is 12.5 Å². The number of alkyl halides is 1. The van der Waals surface area contributed by atoms with Gasteiger partial charge in [0.05, 0.1) is 18.5 Å². The largest absolute Gasteiger partial charge is 0.462 e. The van der Waals surface area contributed by atoms with Gasteiger partial charge in [-0.3, -0.25) is 4.79 Å². The topological polar surface area (TPSA) is 67.4 Å². The molecule has 2 N–H and O–H groups in total. The van der Waals surface area contributed by atoms with Gasteiger partial charge in [-0.2, -0.15) is 0 Å². The van der Waals surface area contributed by atoms with Crippen molar-refractivity contribution in [3.63, 3.8) is 0 Å². The summed E-state index contributed by atoms with van der Waals surface area (Å²) in [5.74, 6) is -0.753. The average molecular weight is 589 g/mol. The van der Waals surface area contributed by atoms with Crippen LogP contribution in [0.4, 0.5) is 8.78 Å². The number of carbonyl (C=O) groups is 2. The van der Waals surface area contributed by atoms with Crippen molar-refractivity contribution in [3.8, 4) is 11.1 Å². The van der Waals surface area contributed by atoms with Gasteiger partial charge in [0.1, 0.15) is 6.17 Å². The molecule has 3 aromatic rings. The molecule has 43 heavy (non-hydrogen) atoms. The van der Waals surface area contributed by atoms with Crippen LogP contribution >= 0.6 is 0 Å². The summed E-state index contributed by atoms with van der Waals surface area (Å²) in [5, 5.41) is 6.61. The van der Waals surface area contributed by atoms with E-state index < -0.39 is 12.1 Å². The van der Waals surface area contributed by atoms with Crippen LogP contribution in [-0.2, 0) is 17.7 Å². The van der Waals surface area contributed by atoms with Crippen molar-refractivity contribution in [1.82, 2.24) is 10.6 Å². The monoisotopic (exact) mass is 588 g/mol. The molecule has 0 fully saturated rings. The molecule has 1 amide bonds. The molecule has 0 aromatic heterocycles. The summed E-state index contributed by atoms with van der Waals surface area (Å²) in [6, 6.07) is 22.2. The second-order valence-electron chi connectivity index (χ2n) is 10.7. The van der Waals surface area contributed by atoms with Gasteiger partial charge < -0.3 is 15.4 Å². The summed E-state index contributed by atoms with van der Waals surface area (Å²) >= 11 is 0. The van der Waals surface area contributed by atoms with Gasteiger partial charge in [-0.25, -0.2) is 13.6 Å². The Bertz CT molecular complexity index is 1400. The van der Waals surface area contributed by atoms with Crippen molar-refractivity contribution in [2.45, 2.75) is 58.8 Å². The Balaban J connectivity index is 1.77. The molecule has 5 nitrogen and oxygen atoms in total. The first-order chi connectivity index (χ1) is 20.7. The summed E-state index contributed by atoms with van der Waals surface area (Å²) in [6.07, 6.45) is 0.841. The Hall–Kier alpha value is -4.10. The highest BCUT2D eigenvalue weighted by atomic mass is 19.1. The van der Waals surface area contributed by atoms with Crippen molar-refractivity contribution in [2.75, 3.05) is 13.2 Å². The van der Waals surface area contributed by atoms with Crippen molar-refractivity contribution in [1.29, 1.82) is 0 Å². The van der Waals surface area contributed by atoms with E-state index in [2.05, 4.69) is 42.3 Å². The molecule has 0 saturated carbocycles. The molecule has 3 aromatic carbocycles. The second-order valence-corrected chi connectivity index (χ2v) is 10.7. The summed E-state index contributed by atoms with van der Waals surface area (Å²) < 4.78 is 31.8. The molecule has 0 saturated heterocycles. The van der Waals surface area contributed by atoms with Crippen LogP contribution in [0.3, 0.4) is 0 Å². The summed E-state index contributed by atoms with van der Waals surface area (Å²) in [6.45, 7) is 11.4. The van der Waals surface area contributed by atoms with Crippen molar-refractivity contribution in [2.24, 2.45) is 5.92 Å². The van der Waals surface area contributed by atoms with Crippen LogP contribution in [-0.4, -0.2) is 37.2 Å². The Labute approximate surface area is 254 Å². The molecule has 228 valence electrons. The number of allylic oxidation sites excluding steroid dienone is 1. The van der Waals surface area contributed by atoms with Gasteiger partial charge in [-0.05, 0) is 78.8 Å². The smallest absolute Gasteiger partial charge is 0.338 e. The lowest BCUT2D eigenvalue weighted by Crippen LogP contribution is -2.43. The summed E-state index contributed by atoms with van der Waals surface area (Å²) in [5.41, 5.74) is 5.24. The van der Waals surface area contributed by atoms with Crippen molar-refractivity contribution < 1.29 is 23.1 Å². The molecule has 0 aliphatic rings. The van der Waals surface area contributed by atoms with E-state index in [-0.39, 0.29) is 37.2 Å². The maximum absolute atomic E-state index is 14.1. The Morgan fingerprint density at radius 3 is 2.47 bits per heavy atom. The predicted octanol–water partition coefficient (Wildman–Crippen LogP) is 7.77. The molecule has 3 atom stereocenters. The third kappa shape index (κ3) is 10.3. The van der Waals surface area contributed by atoms with Crippen molar-refractivity contribution >= 4 is 11.9 Å². The number of amides is 1. The fraction of sp³-hybridized carbons (Fsp3) is 0.333. The van der Waals surface area contributed by atoms with Gasteiger partial charge >= 0.3 is 5.97 Å². The molecule has 0 spiro atoms. The highest BCUT2D eigenvalue weighted by Crippen LogP contribution is 2.26. The van der Waals surface area contributed by atoms with Crippen LogP contribution < -0.4 is 10.6 Å². The molecular weight excluding hydrogens is 546 g/mol. The number of halogens is 2. The van der Waals surface area contributed by atoms with Crippen molar-refractivity contribution in [3.05, 3.63) is 120 Å². The number of nitrogens with one attached hydrogen (secondary N) is 2. The van der Waals surface area contributed by atoms with E-state index >= 15 is 0 Å². The van der Waals surface area contributed by atoms with Gasteiger partial charge in [0, 0.05) is 24.6 Å². The van der Waals surface area contributed by atoms with E-state index in [1.54, 1.807) is 37.3 Å². The maximum Gasteiger partial charge on any atom is 0.338 e. The molecule has 7 heteroatoms. The minimum Gasteiger partial charge on any atom is -0.462 e. The average Bonchev–Trinajstić information content (AvgIpc) is 3.01. The van der Waals surface area contributed by atoms with Crippen LogP contribution in [0.5, 0.6) is 0 Å². The Kier molecular flexibility index (Phi) is 13.3. The quantitative estimate of drug-likeness (QED) is 0.133. The Morgan fingerprint density at radius 1 is 0.977 bits per heavy atom. The lowest BCUT2D eigenvalue weighted by molar-refractivity contribution is 0.0527. The summed E-state index contributed by atoms with van der Waals surface area (Å²) in [7, 11) is 0. The second kappa shape index (κ2) is 17.1. The molecular formula is C36H42F2N2O3. The van der Waals surface area contributed by atoms with Gasteiger partial charge in [0.15, 0.2) is 0 Å². The molecule has 0 aliphatic carbocycles. The molecule has 0 radical (unpaired) electrons. The number of esters is 1. The third-order valence-corrected chi connectivity index (χ3v) is 7.33. The van der Waals surface area contributed by atoms with Crippen LogP contribution in [0.2, 0.25) is 0 Å². The summed E-state index contributed by atoms with van der Waals surface area (Å²) in [4.78, 5) is 26.1.